The zero-order valence-corrected chi connectivity index (χ0v) is 19.5. The summed E-state index contributed by atoms with van der Waals surface area (Å²) in [4.78, 5) is 12.4. The Morgan fingerprint density at radius 1 is 0.944 bits per heavy atom. The zero-order valence-electron chi connectivity index (χ0n) is 19.5. The number of aromatic hydroxyl groups is 1. The molecular formula is C28H23FN6O. The summed E-state index contributed by atoms with van der Waals surface area (Å²) in [6, 6.07) is 16.0. The van der Waals surface area contributed by atoms with Gasteiger partial charge in [-0.05, 0) is 59.6 Å². The van der Waals surface area contributed by atoms with Crippen molar-refractivity contribution >= 4 is 21.8 Å². The maximum Gasteiger partial charge on any atom is 0.127 e. The van der Waals surface area contributed by atoms with Gasteiger partial charge in [0.15, 0.2) is 0 Å². The minimum absolute atomic E-state index is 0.111. The van der Waals surface area contributed by atoms with E-state index in [0.717, 1.165) is 74.7 Å². The number of benzene rings is 2. The first-order chi connectivity index (χ1) is 17.6. The Morgan fingerprint density at radius 2 is 1.86 bits per heavy atom. The molecule has 8 heteroatoms. The second kappa shape index (κ2) is 8.90. The van der Waals surface area contributed by atoms with Crippen molar-refractivity contribution in [2.24, 2.45) is 0 Å². The van der Waals surface area contributed by atoms with Gasteiger partial charge in [-0.15, -0.1) is 0 Å². The van der Waals surface area contributed by atoms with Crippen LogP contribution in [0.25, 0.3) is 55.6 Å². The second-order valence-corrected chi connectivity index (χ2v) is 8.70. The van der Waals surface area contributed by atoms with Crippen LogP contribution >= 0.6 is 0 Å². The summed E-state index contributed by atoms with van der Waals surface area (Å²) in [6.07, 6.45) is 5.45. The van der Waals surface area contributed by atoms with Crippen LogP contribution in [0.1, 0.15) is 12.5 Å². The van der Waals surface area contributed by atoms with Crippen LogP contribution in [0.3, 0.4) is 0 Å². The zero-order chi connectivity index (χ0) is 24.6. The predicted octanol–water partition coefficient (Wildman–Crippen LogP) is 5.79. The predicted molar refractivity (Wildman–Crippen MR) is 139 cm³/mol. The van der Waals surface area contributed by atoms with Gasteiger partial charge >= 0.3 is 0 Å². The molecule has 0 fully saturated rings. The van der Waals surface area contributed by atoms with Gasteiger partial charge in [-0.1, -0.05) is 19.1 Å². The van der Waals surface area contributed by atoms with Crippen LogP contribution in [0.4, 0.5) is 4.39 Å². The third kappa shape index (κ3) is 3.97. The first-order valence-corrected chi connectivity index (χ1v) is 11.7. The standard InChI is InChI=1S/C28H23FN6O/c1-2-30-12-16-6-18(14-31-13-16)25-11-23-27(15-32-25)34-35-28(23)26-10-22-21(4-3-5-24(22)33-26)17-7-19(29)9-20(36)8-17/h3-11,13-15,30,33,36H,2,12H2,1H3,(H,34,35). The third-order valence-corrected chi connectivity index (χ3v) is 6.23. The van der Waals surface area contributed by atoms with Crippen molar-refractivity contribution in [3.63, 3.8) is 0 Å². The van der Waals surface area contributed by atoms with Crippen molar-refractivity contribution < 1.29 is 9.50 Å². The molecule has 36 heavy (non-hydrogen) atoms. The van der Waals surface area contributed by atoms with E-state index in [0.29, 0.717) is 5.56 Å². The molecular weight excluding hydrogens is 455 g/mol. The molecule has 178 valence electrons. The monoisotopic (exact) mass is 478 g/mol. The van der Waals surface area contributed by atoms with E-state index in [-0.39, 0.29) is 5.75 Å². The average molecular weight is 479 g/mol. The summed E-state index contributed by atoms with van der Waals surface area (Å²) in [5, 5.41) is 22.7. The van der Waals surface area contributed by atoms with Crippen molar-refractivity contribution in [3.8, 4) is 39.5 Å². The molecule has 0 saturated carbocycles. The van der Waals surface area contributed by atoms with E-state index in [1.54, 1.807) is 12.3 Å². The lowest BCUT2D eigenvalue weighted by Gasteiger charge is -2.05. The van der Waals surface area contributed by atoms with E-state index in [1.807, 2.05) is 42.7 Å². The number of H-pyrrole nitrogens is 2. The number of nitrogens with one attached hydrogen (secondary N) is 3. The lowest BCUT2D eigenvalue weighted by molar-refractivity contribution is 0.469. The minimum Gasteiger partial charge on any atom is -0.508 e. The third-order valence-electron chi connectivity index (χ3n) is 6.23. The second-order valence-electron chi connectivity index (χ2n) is 8.70. The van der Waals surface area contributed by atoms with Crippen LogP contribution < -0.4 is 5.32 Å². The molecule has 0 radical (unpaired) electrons. The molecule has 6 rings (SSSR count). The maximum absolute atomic E-state index is 14.0. The van der Waals surface area contributed by atoms with Gasteiger partial charge in [0.05, 0.1) is 23.1 Å². The molecule has 0 amide bonds. The molecule has 0 aliphatic heterocycles. The van der Waals surface area contributed by atoms with E-state index in [9.17, 15) is 9.50 Å². The number of phenols is 1. The molecule has 0 spiro atoms. The highest BCUT2D eigenvalue weighted by Gasteiger charge is 2.15. The first-order valence-electron chi connectivity index (χ1n) is 11.7. The van der Waals surface area contributed by atoms with Crippen LogP contribution in [0.5, 0.6) is 5.75 Å². The number of aromatic nitrogens is 5. The SMILES string of the molecule is CCNCc1cncc(-c2cc3c(-c4cc5c(-c6cc(O)cc(F)c6)cccc5[nH]4)n[nH]c3cn2)c1. The summed E-state index contributed by atoms with van der Waals surface area (Å²) in [5.74, 6) is -0.597. The van der Waals surface area contributed by atoms with Crippen molar-refractivity contribution in [2.45, 2.75) is 13.5 Å². The van der Waals surface area contributed by atoms with Crippen LogP contribution in [0, 0.1) is 5.82 Å². The van der Waals surface area contributed by atoms with Crippen molar-refractivity contribution in [1.82, 2.24) is 30.5 Å². The minimum atomic E-state index is -0.486. The summed E-state index contributed by atoms with van der Waals surface area (Å²) in [7, 11) is 0. The summed E-state index contributed by atoms with van der Waals surface area (Å²) >= 11 is 0. The highest BCUT2D eigenvalue weighted by molar-refractivity contribution is 6.01. The number of fused-ring (bicyclic) bond motifs is 2. The first kappa shape index (κ1) is 21.9. The number of phenolic OH excluding ortho intramolecular Hbond substituents is 1. The number of hydrogen-bond donors (Lipinski definition) is 4. The van der Waals surface area contributed by atoms with Gasteiger partial charge in [0.2, 0.25) is 0 Å². The van der Waals surface area contributed by atoms with Gasteiger partial charge in [0, 0.05) is 46.9 Å². The molecule has 6 aromatic rings. The highest BCUT2D eigenvalue weighted by atomic mass is 19.1. The smallest absolute Gasteiger partial charge is 0.127 e. The summed E-state index contributed by atoms with van der Waals surface area (Å²) < 4.78 is 14.0. The van der Waals surface area contributed by atoms with Gasteiger partial charge < -0.3 is 15.4 Å². The Morgan fingerprint density at radius 3 is 2.72 bits per heavy atom. The fraction of sp³-hybridized carbons (Fsp3) is 0.107. The lowest BCUT2D eigenvalue weighted by atomic mass is 10.0. The van der Waals surface area contributed by atoms with Gasteiger partial charge in [-0.2, -0.15) is 5.10 Å². The molecule has 7 nitrogen and oxygen atoms in total. The number of rotatable bonds is 6. The highest BCUT2D eigenvalue weighted by Crippen LogP contribution is 2.36. The largest absolute Gasteiger partial charge is 0.508 e. The number of pyridine rings is 2. The quantitative estimate of drug-likeness (QED) is 0.243. The Labute approximate surface area is 206 Å². The number of aromatic amines is 2. The van der Waals surface area contributed by atoms with Crippen LogP contribution in [0.2, 0.25) is 0 Å². The lowest BCUT2D eigenvalue weighted by Crippen LogP contribution is -2.11. The molecule has 0 atom stereocenters. The van der Waals surface area contributed by atoms with Crippen LogP contribution in [-0.4, -0.2) is 36.8 Å². The molecule has 0 saturated heterocycles. The molecule has 4 aromatic heterocycles. The fourth-order valence-corrected chi connectivity index (χ4v) is 4.54. The van der Waals surface area contributed by atoms with E-state index in [2.05, 4.69) is 43.5 Å². The van der Waals surface area contributed by atoms with Crippen LogP contribution in [0.15, 0.2) is 73.2 Å². The topological polar surface area (TPSA) is 103 Å². The Hall–Kier alpha value is -4.56. The van der Waals surface area contributed by atoms with Crippen molar-refractivity contribution in [3.05, 3.63) is 84.6 Å². The molecule has 0 aliphatic rings. The van der Waals surface area contributed by atoms with Gasteiger partial charge in [0.1, 0.15) is 17.3 Å². The van der Waals surface area contributed by atoms with E-state index in [4.69, 9.17) is 0 Å². The summed E-state index contributed by atoms with van der Waals surface area (Å²) in [6.45, 7) is 3.71. The Balaban J connectivity index is 1.44. The Kier molecular flexibility index (Phi) is 5.42. The van der Waals surface area contributed by atoms with Crippen molar-refractivity contribution in [2.75, 3.05) is 6.54 Å². The maximum atomic E-state index is 14.0. The van der Waals surface area contributed by atoms with Gasteiger partial charge in [-0.25, -0.2) is 4.39 Å². The van der Waals surface area contributed by atoms with Crippen molar-refractivity contribution in [1.29, 1.82) is 0 Å². The molecule has 4 N–H and O–H groups in total. The van der Waals surface area contributed by atoms with Gasteiger partial charge in [-0.3, -0.25) is 15.1 Å². The summed E-state index contributed by atoms with van der Waals surface area (Å²) in [5.41, 5.74) is 7.54. The molecule has 0 aliphatic carbocycles. The average Bonchev–Trinajstić information content (AvgIpc) is 3.50. The molecule has 2 aromatic carbocycles. The number of nitrogens with zero attached hydrogens (tertiary/aromatic N) is 3. The molecule has 4 heterocycles. The Bertz CT molecular complexity index is 1700. The van der Waals surface area contributed by atoms with Gasteiger partial charge in [0.25, 0.3) is 0 Å². The fourth-order valence-electron chi connectivity index (χ4n) is 4.54. The molecule has 0 bridgehead atoms. The van der Waals surface area contributed by atoms with Crippen LogP contribution in [-0.2, 0) is 6.54 Å². The van der Waals surface area contributed by atoms with E-state index < -0.39 is 5.82 Å². The number of halogens is 1. The van der Waals surface area contributed by atoms with E-state index >= 15 is 0 Å². The number of hydrogen-bond acceptors (Lipinski definition) is 5. The molecule has 0 unspecified atom stereocenters. The normalized spacial score (nSPS) is 11.5. The van der Waals surface area contributed by atoms with E-state index in [1.165, 1.54) is 6.07 Å².